The zero-order valence-electron chi connectivity index (χ0n) is 8.02. The Balaban J connectivity index is 3.73. The van der Waals surface area contributed by atoms with Crippen molar-refractivity contribution >= 4 is 12.1 Å². The van der Waals surface area contributed by atoms with Crippen molar-refractivity contribution in [1.82, 2.24) is 5.32 Å². The van der Waals surface area contributed by atoms with E-state index in [1.807, 2.05) is 13.8 Å². The van der Waals surface area contributed by atoms with Crippen LogP contribution in [-0.4, -0.2) is 24.2 Å². The monoisotopic (exact) mass is 171 g/mol. The summed E-state index contributed by atoms with van der Waals surface area (Å²) in [6.45, 7) is 5.90. The second-order valence-corrected chi connectivity index (χ2v) is 3.27. The second-order valence-electron chi connectivity index (χ2n) is 3.27. The fourth-order valence-corrected chi connectivity index (χ4v) is 0.774. The quantitative estimate of drug-likeness (QED) is 0.604. The van der Waals surface area contributed by atoms with E-state index < -0.39 is 5.54 Å². The van der Waals surface area contributed by atoms with E-state index in [2.05, 4.69) is 5.32 Å². The molecular weight excluding hydrogens is 154 g/mol. The first-order chi connectivity index (χ1) is 5.54. The molecule has 0 aromatic rings. The summed E-state index contributed by atoms with van der Waals surface area (Å²) in [4.78, 5) is 21.2. The minimum absolute atomic E-state index is 0.145. The van der Waals surface area contributed by atoms with E-state index in [1.165, 1.54) is 0 Å². The van der Waals surface area contributed by atoms with Gasteiger partial charge in [0.25, 0.3) is 0 Å². The number of hydrogen-bond donors (Lipinski definition) is 1. The summed E-state index contributed by atoms with van der Waals surface area (Å²) < 4.78 is 0. The molecule has 0 aliphatic heterocycles. The molecule has 0 saturated carbocycles. The van der Waals surface area contributed by atoms with Crippen molar-refractivity contribution in [3.8, 4) is 0 Å². The van der Waals surface area contributed by atoms with Crippen LogP contribution in [0.3, 0.4) is 0 Å². The molecule has 70 valence electrons. The molecule has 0 saturated heterocycles. The lowest BCUT2D eigenvalue weighted by Crippen LogP contribution is -2.44. The molecule has 0 fully saturated rings. The van der Waals surface area contributed by atoms with Crippen LogP contribution in [0.2, 0.25) is 0 Å². The van der Waals surface area contributed by atoms with Crippen LogP contribution in [0, 0.1) is 0 Å². The molecular formula is C9H17NO2. The maximum atomic E-state index is 10.6. The summed E-state index contributed by atoms with van der Waals surface area (Å²) in [5.41, 5.74) is -0.463. The van der Waals surface area contributed by atoms with Gasteiger partial charge < -0.3 is 10.1 Å². The molecule has 0 aliphatic carbocycles. The SMILES string of the molecule is CCC(C)(C=O)NCCC(C)=O. The Morgan fingerprint density at radius 1 is 1.58 bits per heavy atom. The molecule has 1 unspecified atom stereocenters. The van der Waals surface area contributed by atoms with Gasteiger partial charge in [-0.1, -0.05) is 6.92 Å². The van der Waals surface area contributed by atoms with Crippen molar-refractivity contribution in [2.45, 2.75) is 39.2 Å². The maximum absolute atomic E-state index is 10.6. The Bertz CT molecular complexity index is 168. The fraction of sp³-hybridized carbons (Fsp3) is 0.778. The normalized spacial score (nSPS) is 15.2. The zero-order chi connectivity index (χ0) is 9.61. The van der Waals surface area contributed by atoms with E-state index in [1.54, 1.807) is 6.92 Å². The molecule has 12 heavy (non-hydrogen) atoms. The molecule has 1 N–H and O–H groups in total. The van der Waals surface area contributed by atoms with Gasteiger partial charge in [-0.15, -0.1) is 0 Å². The summed E-state index contributed by atoms with van der Waals surface area (Å²) in [6, 6.07) is 0. The van der Waals surface area contributed by atoms with Gasteiger partial charge in [0.05, 0.1) is 5.54 Å². The minimum Gasteiger partial charge on any atom is -0.305 e. The van der Waals surface area contributed by atoms with Gasteiger partial charge in [-0.3, -0.25) is 4.79 Å². The van der Waals surface area contributed by atoms with Crippen LogP contribution in [0.15, 0.2) is 0 Å². The first kappa shape index (κ1) is 11.3. The molecule has 1 atom stereocenters. The molecule has 0 rings (SSSR count). The highest BCUT2D eigenvalue weighted by molar-refractivity contribution is 5.75. The highest BCUT2D eigenvalue weighted by atomic mass is 16.1. The highest BCUT2D eigenvalue weighted by Gasteiger charge is 2.19. The van der Waals surface area contributed by atoms with Gasteiger partial charge in [0.1, 0.15) is 12.1 Å². The largest absolute Gasteiger partial charge is 0.305 e. The average molecular weight is 171 g/mol. The molecule has 0 spiro atoms. The van der Waals surface area contributed by atoms with Crippen LogP contribution < -0.4 is 5.32 Å². The summed E-state index contributed by atoms with van der Waals surface area (Å²) in [5, 5.41) is 3.04. The van der Waals surface area contributed by atoms with Crippen LogP contribution in [0.1, 0.15) is 33.6 Å². The van der Waals surface area contributed by atoms with Crippen molar-refractivity contribution < 1.29 is 9.59 Å². The number of ketones is 1. The van der Waals surface area contributed by atoms with E-state index in [0.717, 1.165) is 12.7 Å². The summed E-state index contributed by atoms with van der Waals surface area (Å²) in [5.74, 6) is 0.145. The molecule has 0 heterocycles. The van der Waals surface area contributed by atoms with Crippen molar-refractivity contribution in [3.05, 3.63) is 0 Å². The second kappa shape index (κ2) is 5.04. The third-order valence-electron chi connectivity index (χ3n) is 2.00. The lowest BCUT2D eigenvalue weighted by molar-refractivity contribution is -0.117. The Morgan fingerprint density at radius 3 is 2.50 bits per heavy atom. The Kier molecular flexibility index (Phi) is 4.74. The van der Waals surface area contributed by atoms with Crippen molar-refractivity contribution in [2.75, 3.05) is 6.54 Å². The Labute approximate surface area is 73.5 Å². The molecule has 0 aliphatic rings. The average Bonchev–Trinajstić information content (AvgIpc) is 2.03. The number of aldehydes is 1. The van der Waals surface area contributed by atoms with Gasteiger partial charge in [0.2, 0.25) is 0 Å². The number of hydrogen-bond acceptors (Lipinski definition) is 3. The molecule has 3 heteroatoms. The maximum Gasteiger partial charge on any atom is 0.139 e. The van der Waals surface area contributed by atoms with E-state index in [4.69, 9.17) is 0 Å². The Morgan fingerprint density at radius 2 is 2.17 bits per heavy atom. The topological polar surface area (TPSA) is 46.2 Å². The van der Waals surface area contributed by atoms with Crippen molar-refractivity contribution in [3.63, 3.8) is 0 Å². The lowest BCUT2D eigenvalue weighted by Gasteiger charge is -2.22. The number of rotatable bonds is 6. The molecule has 0 radical (unpaired) electrons. The highest BCUT2D eigenvalue weighted by Crippen LogP contribution is 2.04. The Hall–Kier alpha value is -0.700. The first-order valence-electron chi connectivity index (χ1n) is 4.25. The zero-order valence-corrected chi connectivity index (χ0v) is 8.02. The van der Waals surface area contributed by atoms with E-state index in [0.29, 0.717) is 13.0 Å². The smallest absolute Gasteiger partial charge is 0.139 e. The fourth-order valence-electron chi connectivity index (χ4n) is 0.774. The molecule has 0 aromatic heterocycles. The van der Waals surface area contributed by atoms with Crippen LogP contribution >= 0.6 is 0 Å². The summed E-state index contributed by atoms with van der Waals surface area (Å²) in [7, 11) is 0. The third-order valence-corrected chi connectivity index (χ3v) is 2.00. The van der Waals surface area contributed by atoms with Crippen LogP contribution in [0.4, 0.5) is 0 Å². The molecule has 3 nitrogen and oxygen atoms in total. The van der Waals surface area contributed by atoms with Crippen LogP contribution in [0.5, 0.6) is 0 Å². The van der Waals surface area contributed by atoms with Crippen LogP contribution in [0.25, 0.3) is 0 Å². The van der Waals surface area contributed by atoms with Gasteiger partial charge in [0.15, 0.2) is 0 Å². The predicted molar refractivity (Wildman–Crippen MR) is 48.1 cm³/mol. The summed E-state index contributed by atoms with van der Waals surface area (Å²) in [6.07, 6.45) is 2.13. The van der Waals surface area contributed by atoms with E-state index in [9.17, 15) is 9.59 Å². The van der Waals surface area contributed by atoms with Gasteiger partial charge in [-0.25, -0.2) is 0 Å². The van der Waals surface area contributed by atoms with E-state index >= 15 is 0 Å². The van der Waals surface area contributed by atoms with Crippen LogP contribution in [-0.2, 0) is 9.59 Å². The predicted octanol–water partition coefficient (Wildman–Crippen LogP) is 0.923. The third kappa shape index (κ3) is 4.23. The number of carbonyl (C=O) groups is 2. The summed E-state index contributed by atoms with van der Waals surface area (Å²) >= 11 is 0. The van der Waals surface area contributed by atoms with Gasteiger partial charge >= 0.3 is 0 Å². The number of Topliss-reactive ketones (excluding diaryl/α,β-unsaturated/α-hetero) is 1. The molecule has 0 amide bonds. The number of carbonyl (C=O) groups excluding carboxylic acids is 2. The van der Waals surface area contributed by atoms with Gasteiger partial charge in [-0.2, -0.15) is 0 Å². The lowest BCUT2D eigenvalue weighted by atomic mass is 10.0. The standard InChI is InChI=1S/C9H17NO2/c1-4-9(3,7-11)10-6-5-8(2)12/h7,10H,4-6H2,1-3H3. The van der Waals surface area contributed by atoms with Gasteiger partial charge in [-0.05, 0) is 20.3 Å². The molecule has 0 bridgehead atoms. The van der Waals surface area contributed by atoms with Gasteiger partial charge in [0, 0.05) is 13.0 Å². The number of nitrogens with one attached hydrogen (secondary N) is 1. The molecule has 0 aromatic carbocycles. The van der Waals surface area contributed by atoms with E-state index in [-0.39, 0.29) is 5.78 Å². The van der Waals surface area contributed by atoms with Crippen molar-refractivity contribution in [2.24, 2.45) is 0 Å². The first-order valence-corrected chi connectivity index (χ1v) is 4.25. The van der Waals surface area contributed by atoms with Crippen molar-refractivity contribution in [1.29, 1.82) is 0 Å². The minimum atomic E-state index is -0.463.